The third-order valence-corrected chi connectivity index (χ3v) is 6.53. The van der Waals surface area contributed by atoms with E-state index in [9.17, 15) is 13.2 Å². The van der Waals surface area contributed by atoms with E-state index < -0.39 is 16.0 Å². The number of carbonyl (C=O) groups is 1. The highest BCUT2D eigenvalue weighted by molar-refractivity contribution is 7.89. The van der Waals surface area contributed by atoms with Crippen LogP contribution < -0.4 is 4.74 Å². The number of methoxy groups -OCH3 is 1. The van der Waals surface area contributed by atoms with E-state index in [4.69, 9.17) is 14.0 Å². The quantitative estimate of drug-likeness (QED) is 0.678. The molecule has 0 unspecified atom stereocenters. The maximum atomic E-state index is 13.1. The summed E-state index contributed by atoms with van der Waals surface area (Å²) in [6.45, 7) is 2.61. The lowest BCUT2D eigenvalue weighted by atomic mass is 10.2. The van der Waals surface area contributed by atoms with Crippen LogP contribution in [0, 0.1) is 6.92 Å². The van der Waals surface area contributed by atoms with Gasteiger partial charge in [0.1, 0.15) is 28.7 Å². The number of hydrogen-bond acceptors (Lipinski definition) is 7. The van der Waals surface area contributed by atoms with Crippen LogP contribution in [-0.4, -0.2) is 44.0 Å². The summed E-state index contributed by atoms with van der Waals surface area (Å²) in [5.74, 6) is 0.171. The number of carbonyl (C=O) groups excluding carboxylic acids is 1. The van der Waals surface area contributed by atoms with Gasteiger partial charge in [-0.15, -0.1) is 0 Å². The van der Waals surface area contributed by atoms with Crippen molar-refractivity contribution in [1.29, 1.82) is 0 Å². The van der Waals surface area contributed by atoms with Crippen LogP contribution in [-0.2, 0) is 21.4 Å². The average molecular weight is 408 g/mol. The highest BCUT2D eigenvalue weighted by atomic mass is 32.2. The molecule has 0 amide bonds. The van der Waals surface area contributed by atoms with Gasteiger partial charge >= 0.3 is 5.97 Å². The Balaban J connectivity index is 1.83. The minimum absolute atomic E-state index is 0.0244. The first kappa shape index (κ1) is 20.3. The van der Waals surface area contributed by atoms with Gasteiger partial charge in [-0.05, 0) is 38.0 Å². The molecule has 1 aliphatic rings. The fraction of sp³-hybridized carbons (Fsp3) is 0.474. The molecule has 0 N–H and O–H groups in total. The Bertz CT molecular complexity index is 930. The lowest BCUT2D eigenvalue weighted by Crippen LogP contribution is -2.32. The summed E-state index contributed by atoms with van der Waals surface area (Å²) >= 11 is 0. The van der Waals surface area contributed by atoms with Gasteiger partial charge in [-0.1, -0.05) is 18.0 Å². The summed E-state index contributed by atoms with van der Waals surface area (Å²) < 4.78 is 43.2. The Hall–Kier alpha value is -2.39. The average Bonchev–Trinajstić information content (AvgIpc) is 2.93. The Morgan fingerprint density at radius 2 is 1.89 bits per heavy atom. The van der Waals surface area contributed by atoms with Gasteiger partial charge in [0, 0.05) is 19.2 Å². The standard InChI is InChI=1S/C19H24N2O6S/c1-14-11-16(20-27-14)13-26-19(22)15-7-8-17(25-2)18(12-15)28(23,24)21-9-5-3-4-6-10-21/h7-8,11-12H,3-6,9-10,13H2,1-2H3. The van der Waals surface area contributed by atoms with Crippen molar-refractivity contribution in [2.75, 3.05) is 20.2 Å². The predicted octanol–water partition coefficient (Wildman–Crippen LogP) is 2.91. The van der Waals surface area contributed by atoms with Crippen molar-refractivity contribution in [1.82, 2.24) is 9.46 Å². The van der Waals surface area contributed by atoms with E-state index >= 15 is 0 Å². The predicted molar refractivity (Wildman–Crippen MR) is 101 cm³/mol. The number of ether oxygens (including phenoxy) is 2. The number of hydrogen-bond donors (Lipinski definition) is 0. The fourth-order valence-corrected chi connectivity index (χ4v) is 4.83. The normalized spacial score (nSPS) is 15.8. The Kier molecular flexibility index (Phi) is 6.35. The van der Waals surface area contributed by atoms with E-state index in [0.717, 1.165) is 25.7 Å². The van der Waals surface area contributed by atoms with Crippen molar-refractivity contribution in [2.24, 2.45) is 0 Å². The number of rotatable bonds is 6. The van der Waals surface area contributed by atoms with E-state index in [2.05, 4.69) is 5.16 Å². The Morgan fingerprint density at radius 1 is 1.18 bits per heavy atom. The van der Waals surface area contributed by atoms with Crippen molar-refractivity contribution in [3.05, 3.63) is 41.3 Å². The zero-order chi connectivity index (χ0) is 20.1. The third kappa shape index (κ3) is 4.53. The monoisotopic (exact) mass is 408 g/mol. The van der Waals surface area contributed by atoms with Crippen LogP contribution in [0.3, 0.4) is 0 Å². The molecule has 1 aromatic heterocycles. The second kappa shape index (κ2) is 8.74. The topological polar surface area (TPSA) is 98.9 Å². The molecule has 1 fully saturated rings. The van der Waals surface area contributed by atoms with Crippen LogP contribution in [0.2, 0.25) is 0 Å². The highest BCUT2D eigenvalue weighted by Crippen LogP contribution is 2.29. The molecule has 2 heterocycles. The van der Waals surface area contributed by atoms with Gasteiger partial charge in [-0.3, -0.25) is 0 Å². The number of aromatic nitrogens is 1. The molecular weight excluding hydrogens is 384 g/mol. The van der Waals surface area contributed by atoms with E-state index in [0.29, 0.717) is 24.5 Å². The van der Waals surface area contributed by atoms with Crippen LogP contribution in [0.4, 0.5) is 0 Å². The smallest absolute Gasteiger partial charge is 0.338 e. The first-order valence-corrected chi connectivity index (χ1v) is 10.6. The zero-order valence-corrected chi connectivity index (χ0v) is 16.8. The summed E-state index contributed by atoms with van der Waals surface area (Å²) in [5.41, 5.74) is 0.617. The molecular formula is C19H24N2O6S. The van der Waals surface area contributed by atoms with Crippen molar-refractivity contribution in [2.45, 2.75) is 44.1 Å². The fourth-order valence-electron chi connectivity index (χ4n) is 3.14. The second-order valence-corrected chi connectivity index (χ2v) is 8.60. The molecule has 0 spiro atoms. The molecule has 2 aromatic rings. The van der Waals surface area contributed by atoms with E-state index in [-0.39, 0.29) is 22.8 Å². The van der Waals surface area contributed by atoms with Crippen molar-refractivity contribution in [3.8, 4) is 5.75 Å². The molecule has 1 saturated heterocycles. The van der Waals surface area contributed by atoms with Crippen molar-refractivity contribution >= 4 is 16.0 Å². The summed E-state index contributed by atoms with van der Waals surface area (Å²) in [4.78, 5) is 12.4. The van der Waals surface area contributed by atoms with Gasteiger partial charge in [0.25, 0.3) is 0 Å². The lowest BCUT2D eigenvalue weighted by Gasteiger charge is -2.21. The molecule has 8 nitrogen and oxygen atoms in total. The van der Waals surface area contributed by atoms with Crippen LogP contribution >= 0.6 is 0 Å². The van der Waals surface area contributed by atoms with Gasteiger partial charge < -0.3 is 14.0 Å². The van der Waals surface area contributed by atoms with E-state index in [1.807, 2.05) is 0 Å². The molecule has 0 saturated carbocycles. The lowest BCUT2D eigenvalue weighted by molar-refractivity contribution is 0.0464. The summed E-state index contributed by atoms with van der Waals surface area (Å²) in [7, 11) is -2.37. The van der Waals surface area contributed by atoms with Gasteiger partial charge in [0.05, 0.1) is 12.7 Å². The van der Waals surface area contributed by atoms with Gasteiger partial charge in [0.15, 0.2) is 0 Å². The van der Waals surface area contributed by atoms with Crippen LogP contribution in [0.25, 0.3) is 0 Å². The molecule has 9 heteroatoms. The minimum Gasteiger partial charge on any atom is -0.495 e. The molecule has 1 aliphatic heterocycles. The van der Waals surface area contributed by atoms with Gasteiger partial charge in [0.2, 0.25) is 10.0 Å². The summed E-state index contributed by atoms with van der Waals surface area (Å²) in [6.07, 6.45) is 3.66. The zero-order valence-electron chi connectivity index (χ0n) is 16.0. The highest BCUT2D eigenvalue weighted by Gasteiger charge is 2.29. The molecule has 0 atom stereocenters. The molecule has 0 aliphatic carbocycles. The Labute approximate surface area is 164 Å². The van der Waals surface area contributed by atoms with Gasteiger partial charge in [-0.25, -0.2) is 13.2 Å². The molecule has 152 valence electrons. The maximum absolute atomic E-state index is 13.1. The first-order valence-electron chi connectivity index (χ1n) is 9.19. The first-order chi connectivity index (χ1) is 13.4. The second-order valence-electron chi connectivity index (χ2n) is 6.69. The number of esters is 1. The molecule has 28 heavy (non-hydrogen) atoms. The van der Waals surface area contributed by atoms with Crippen LogP contribution in [0.15, 0.2) is 33.7 Å². The Morgan fingerprint density at radius 3 is 2.50 bits per heavy atom. The minimum atomic E-state index is -3.77. The SMILES string of the molecule is COc1ccc(C(=O)OCc2cc(C)on2)cc1S(=O)(=O)N1CCCCCC1. The van der Waals surface area contributed by atoms with Crippen LogP contribution in [0.5, 0.6) is 5.75 Å². The van der Waals surface area contributed by atoms with Crippen molar-refractivity contribution in [3.63, 3.8) is 0 Å². The van der Waals surface area contributed by atoms with Crippen LogP contribution in [0.1, 0.15) is 47.5 Å². The van der Waals surface area contributed by atoms with Gasteiger partial charge in [-0.2, -0.15) is 4.31 Å². The molecule has 3 rings (SSSR count). The number of aryl methyl sites for hydroxylation is 1. The summed E-state index contributed by atoms with van der Waals surface area (Å²) in [6, 6.07) is 5.93. The molecule has 0 radical (unpaired) electrons. The summed E-state index contributed by atoms with van der Waals surface area (Å²) in [5, 5.41) is 3.76. The van der Waals surface area contributed by atoms with E-state index in [1.165, 1.54) is 29.6 Å². The number of benzene rings is 1. The number of nitrogens with zero attached hydrogens (tertiary/aromatic N) is 2. The third-order valence-electron chi connectivity index (χ3n) is 4.61. The largest absolute Gasteiger partial charge is 0.495 e. The molecule has 0 bridgehead atoms. The maximum Gasteiger partial charge on any atom is 0.338 e. The van der Waals surface area contributed by atoms with Crippen molar-refractivity contribution < 1.29 is 27.2 Å². The number of sulfonamides is 1. The molecule has 1 aromatic carbocycles. The van der Waals surface area contributed by atoms with E-state index in [1.54, 1.807) is 13.0 Å².